The van der Waals surface area contributed by atoms with Crippen LogP contribution in [-0.2, 0) is 0 Å². The van der Waals surface area contributed by atoms with Crippen LogP contribution in [-0.4, -0.2) is 20.1 Å². The zero-order valence-electron chi connectivity index (χ0n) is 9.92. The minimum atomic E-state index is -0.0854. The smallest absolute Gasteiger partial charge is 0.222 e. The maximum Gasteiger partial charge on any atom is 0.222 e. The molecule has 96 valence electrons. The maximum atomic E-state index is 9.98. The van der Waals surface area contributed by atoms with Gasteiger partial charge in [0.15, 0.2) is 0 Å². The molecule has 0 saturated heterocycles. The number of anilines is 1. The molecule has 6 heteroatoms. The quantitative estimate of drug-likeness (QED) is 0.511. The first kappa shape index (κ1) is 13.0. The lowest BCUT2D eigenvalue weighted by molar-refractivity contribution is 0.509. The van der Waals surface area contributed by atoms with Gasteiger partial charge >= 0.3 is 0 Å². The summed E-state index contributed by atoms with van der Waals surface area (Å²) in [4.78, 5) is 11.9. The summed E-state index contributed by atoms with van der Waals surface area (Å²) in [6.45, 7) is 3.52. The normalized spacial score (nSPS) is 11.3. The van der Waals surface area contributed by atoms with Crippen LogP contribution in [0.4, 0.5) is 5.95 Å². The molecule has 0 aliphatic carbocycles. The molecule has 5 nitrogen and oxygen atoms in total. The van der Waals surface area contributed by atoms with Gasteiger partial charge in [-0.2, -0.15) is 0 Å². The van der Waals surface area contributed by atoms with Crippen LogP contribution in [0.3, 0.4) is 0 Å². The van der Waals surface area contributed by atoms with E-state index < -0.39 is 0 Å². The van der Waals surface area contributed by atoms with Gasteiger partial charge in [0.25, 0.3) is 0 Å². The molecule has 19 heavy (non-hydrogen) atoms. The van der Waals surface area contributed by atoms with Gasteiger partial charge < -0.3 is 10.8 Å². The van der Waals surface area contributed by atoms with Crippen LogP contribution in [0.1, 0.15) is 5.69 Å². The Bertz CT molecular complexity index is 641. The molecule has 0 aromatic carbocycles. The molecule has 0 saturated carbocycles. The topological polar surface area (TPSA) is 84.9 Å². The average molecular weight is 275 g/mol. The van der Waals surface area contributed by atoms with Crippen molar-refractivity contribution in [1.82, 2.24) is 15.0 Å². The summed E-state index contributed by atoms with van der Waals surface area (Å²) in [6.07, 6.45) is 6.07. The first-order valence-electron chi connectivity index (χ1n) is 5.39. The minimum absolute atomic E-state index is 0.0122. The summed E-state index contributed by atoms with van der Waals surface area (Å²) in [6, 6.07) is 3.48. The monoisotopic (exact) mass is 274 g/mol. The van der Waals surface area contributed by atoms with Crippen LogP contribution >= 0.6 is 11.6 Å². The molecule has 0 spiro atoms. The van der Waals surface area contributed by atoms with Gasteiger partial charge in [-0.1, -0.05) is 24.3 Å². The van der Waals surface area contributed by atoms with Crippen molar-refractivity contribution in [3.05, 3.63) is 54.1 Å². The first-order valence-corrected chi connectivity index (χ1v) is 5.76. The third-order valence-electron chi connectivity index (χ3n) is 2.37. The zero-order valence-corrected chi connectivity index (χ0v) is 10.7. The SMILES string of the molecule is C=C/C=C(\O)c1nc(N)nc(Cl)c1-c1ccncc1. The van der Waals surface area contributed by atoms with Crippen molar-refractivity contribution in [3.63, 3.8) is 0 Å². The van der Waals surface area contributed by atoms with E-state index in [1.165, 1.54) is 12.2 Å². The molecule has 0 atom stereocenters. The standard InChI is InChI=1S/C13H11ClN4O/c1-2-3-9(19)11-10(8-4-6-16-7-5-8)12(14)18-13(15)17-11/h2-7,19H,1H2,(H2,15,17,18)/b9-3-. The number of nitrogens with zero attached hydrogens (tertiary/aromatic N) is 3. The number of nitrogen functional groups attached to an aromatic ring is 1. The lowest BCUT2D eigenvalue weighted by Crippen LogP contribution is -2.02. The second-order valence-corrected chi connectivity index (χ2v) is 3.98. The van der Waals surface area contributed by atoms with Crippen molar-refractivity contribution in [2.45, 2.75) is 0 Å². The molecule has 0 aliphatic rings. The molecule has 0 bridgehead atoms. The number of aliphatic hydroxyl groups is 1. The van der Waals surface area contributed by atoms with Gasteiger partial charge in [-0.05, 0) is 23.8 Å². The van der Waals surface area contributed by atoms with E-state index >= 15 is 0 Å². The van der Waals surface area contributed by atoms with Crippen LogP contribution in [0.2, 0.25) is 5.15 Å². The molecule has 2 heterocycles. The van der Waals surface area contributed by atoms with Crippen LogP contribution in [0.25, 0.3) is 16.9 Å². The molecule has 0 radical (unpaired) electrons. The Hall–Kier alpha value is -2.40. The third kappa shape index (κ3) is 2.71. The maximum absolute atomic E-state index is 9.98. The number of hydrogen-bond donors (Lipinski definition) is 2. The Morgan fingerprint density at radius 1 is 1.32 bits per heavy atom. The summed E-state index contributed by atoms with van der Waals surface area (Å²) in [5.41, 5.74) is 7.04. The van der Waals surface area contributed by atoms with E-state index in [1.54, 1.807) is 24.5 Å². The lowest BCUT2D eigenvalue weighted by Gasteiger charge is -2.10. The van der Waals surface area contributed by atoms with E-state index in [0.717, 1.165) is 5.56 Å². The number of halogens is 1. The van der Waals surface area contributed by atoms with Crippen LogP contribution < -0.4 is 5.73 Å². The summed E-state index contributed by atoms with van der Waals surface area (Å²) in [5, 5.41) is 10.1. The largest absolute Gasteiger partial charge is 0.506 e. The third-order valence-corrected chi connectivity index (χ3v) is 2.64. The predicted molar refractivity (Wildman–Crippen MR) is 75.5 cm³/mol. The Labute approximate surface area is 115 Å². The van der Waals surface area contributed by atoms with Gasteiger partial charge in [0.05, 0.1) is 0 Å². The van der Waals surface area contributed by atoms with E-state index in [9.17, 15) is 5.11 Å². The highest BCUT2D eigenvalue weighted by Crippen LogP contribution is 2.32. The Balaban J connectivity index is 2.72. The van der Waals surface area contributed by atoms with E-state index in [-0.39, 0.29) is 22.6 Å². The van der Waals surface area contributed by atoms with Gasteiger partial charge in [0.1, 0.15) is 16.6 Å². The number of pyridine rings is 1. The van der Waals surface area contributed by atoms with E-state index in [0.29, 0.717) is 5.56 Å². The molecular formula is C13H11ClN4O. The van der Waals surface area contributed by atoms with Gasteiger partial charge in [0, 0.05) is 18.0 Å². The van der Waals surface area contributed by atoms with Crippen molar-refractivity contribution in [2.24, 2.45) is 0 Å². The second-order valence-electron chi connectivity index (χ2n) is 3.62. The Morgan fingerprint density at radius 3 is 2.63 bits per heavy atom. The number of aliphatic hydroxyl groups excluding tert-OH is 1. The Morgan fingerprint density at radius 2 is 2.00 bits per heavy atom. The van der Waals surface area contributed by atoms with Crippen molar-refractivity contribution in [2.75, 3.05) is 5.73 Å². The molecule has 0 amide bonds. The molecule has 0 unspecified atom stereocenters. The second kappa shape index (κ2) is 5.49. The van der Waals surface area contributed by atoms with Crippen molar-refractivity contribution in [3.8, 4) is 11.1 Å². The van der Waals surface area contributed by atoms with E-state index in [4.69, 9.17) is 17.3 Å². The van der Waals surface area contributed by atoms with Crippen LogP contribution in [0, 0.1) is 0 Å². The lowest BCUT2D eigenvalue weighted by atomic mass is 10.1. The summed E-state index contributed by atoms with van der Waals surface area (Å²) in [5.74, 6) is -0.0976. The van der Waals surface area contributed by atoms with E-state index in [2.05, 4.69) is 21.5 Å². The molecular weight excluding hydrogens is 264 g/mol. The molecule has 3 N–H and O–H groups in total. The molecule has 0 fully saturated rings. The van der Waals surface area contributed by atoms with Gasteiger partial charge in [-0.25, -0.2) is 9.97 Å². The fourth-order valence-corrected chi connectivity index (χ4v) is 1.89. The highest BCUT2D eigenvalue weighted by Gasteiger charge is 2.16. The number of rotatable bonds is 3. The van der Waals surface area contributed by atoms with Crippen molar-refractivity contribution >= 4 is 23.3 Å². The average Bonchev–Trinajstić information content (AvgIpc) is 2.39. The highest BCUT2D eigenvalue weighted by atomic mass is 35.5. The molecule has 2 aromatic rings. The zero-order chi connectivity index (χ0) is 13.8. The number of allylic oxidation sites excluding steroid dienone is 2. The van der Waals surface area contributed by atoms with E-state index in [1.807, 2.05) is 0 Å². The fraction of sp³-hybridized carbons (Fsp3) is 0. The van der Waals surface area contributed by atoms with Gasteiger partial charge in [-0.3, -0.25) is 4.98 Å². The fourth-order valence-electron chi connectivity index (χ4n) is 1.60. The number of aromatic nitrogens is 3. The summed E-state index contributed by atoms with van der Waals surface area (Å²) < 4.78 is 0. The van der Waals surface area contributed by atoms with Crippen LogP contribution in [0.15, 0.2) is 43.3 Å². The first-order chi connectivity index (χ1) is 9.13. The van der Waals surface area contributed by atoms with Crippen molar-refractivity contribution < 1.29 is 5.11 Å². The molecule has 2 rings (SSSR count). The van der Waals surface area contributed by atoms with Crippen LogP contribution in [0.5, 0.6) is 0 Å². The summed E-state index contributed by atoms with van der Waals surface area (Å²) in [7, 11) is 0. The number of hydrogen-bond acceptors (Lipinski definition) is 5. The molecule has 2 aromatic heterocycles. The number of nitrogens with two attached hydrogens (primary N) is 1. The predicted octanol–water partition coefficient (Wildman–Crippen LogP) is 2.86. The van der Waals surface area contributed by atoms with Crippen molar-refractivity contribution in [1.29, 1.82) is 0 Å². The molecule has 0 aliphatic heterocycles. The Kier molecular flexibility index (Phi) is 3.77. The van der Waals surface area contributed by atoms with Gasteiger partial charge in [-0.15, -0.1) is 0 Å². The minimum Gasteiger partial charge on any atom is -0.506 e. The highest BCUT2D eigenvalue weighted by molar-refractivity contribution is 6.32. The van der Waals surface area contributed by atoms with Gasteiger partial charge in [0.2, 0.25) is 5.95 Å². The summed E-state index contributed by atoms with van der Waals surface area (Å²) >= 11 is 6.10.